The molecule has 0 atom stereocenters. The summed E-state index contributed by atoms with van der Waals surface area (Å²) in [4.78, 5) is 12.1. The predicted molar refractivity (Wildman–Crippen MR) is 179 cm³/mol. The average molecular weight is 578 g/mol. The van der Waals surface area contributed by atoms with Gasteiger partial charge in [0.1, 0.15) is 0 Å². The van der Waals surface area contributed by atoms with Crippen LogP contribution >= 0.6 is 23.5 Å². The van der Waals surface area contributed by atoms with Gasteiger partial charge in [-0.1, -0.05) is 72.1 Å². The van der Waals surface area contributed by atoms with Crippen LogP contribution in [0, 0.1) is 0 Å². The van der Waals surface area contributed by atoms with Crippen LogP contribution in [-0.2, 0) is 0 Å². The third kappa shape index (κ3) is 4.25. The lowest BCUT2D eigenvalue weighted by molar-refractivity contribution is 1.15. The normalized spacial score (nSPS) is 13.1. The molecule has 2 heterocycles. The van der Waals surface area contributed by atoms with E-state index in [2.05, 4.69) is 167 Å². The number of hydrogen-bond acceptors (Lipinski definition) is 5. The molecule has 0 unspecified atom stereocenters. The highest BCUT2D eigenvalue weighted by Gasteiger charge is 2.25. The van der Waals surface area contributed by atoms with Crippen molar-refractivity contribution >= 4 is 69.0 Å². The summed E-state index contributed by atoms with van der Waals surface area (Å²) in [5.74, 6) is 0. The van der Waals surface area contributed by atoms with Crippen molar-refractivity contribution in [2.24, 2.45) is 0 Å². The number of benzene rings is 6. The number of para-hydroxylation sites is 4. The van der Waals surface area contributed by atoms with Gasteiger partial charge in [-0.15, -0.1) is 0 Å². The molecule has 0 amide bonds. The van der Waals surface area contributed by atoms with Crippen molar-refractivity contribution in [2.75, 3.05) is 21.7 Å². The highest BCUT2D eigenvalue weighted by atomic mass is 32.2. The summed E-state index contributed by atoms with van der Waals surface area (Å²) in [6, 6.07) is 52.3. The van der Waals surface area contributed by atoms with E-state index in [9.17, 15) is 0 Å². The van der Waals surface area contributed by atoms with Crippen LogP contribution in [0.4, 0.5) is 45.5 Å². The highest BCUT2D eigenvalue weighted by Crippen LogP contribution is 2.52. The maximum absolute atomic E-state index is 2.37. The Morgan fingerprint density at radius 1 is 0.381 bits per heavy atom. The standard InChI is InChI=1S/C37H27N3S2/c1-38(26-18-22-28(23-19-26)39-30-10-2-6-14-34(30)41-35-15-7-3-11-31(35)39)27-20-24-29(25-21-27)40-32-12-4-8-16-36(32)42-37-17-9-5-13-33(37)40/h2-25H,1H3. The van der Waals surface area contributed by atoms with E-state index in [4.69, 9.17) is 0 Å². The third-order valence-corrected chi connectivity index (χ3v) is 10.1. The van der Waals surface area contributed by atoms with E-state index in [0.717, 1.165) is 22.7 Å². The fourth-order valence-electron chi connectivity index (χ4n) is 5.77. The quantitative estimate of drug-likeness (QED) is 0.205. The monoisotopic (exact) mass is 577 g/mol. The molecule has 5 heteroatoms. The lowest BCUT2D eigenvalue weighted by Crippen LogP contribution is -2.16. The minimum Gasteiger partial charge on any atom is -0.345 e. The topological polar surface area (TPSA) is 9.72 Å². The van der Waals surface area contributed by atoms with E-state index < -0.39 is 0 Å². The zero-order chi connectivity index (χ0) is 28.0. The van der Waals surface area contributed by atoms with Gasteiger partial charge in [-0.2, -0.15) is 0 Å². The van der Waals surface area contributed by atoms with Crippen LogP contribution in [0.15, 0.2) is 165 Å². The molecule has 3 nitrogen and oxygen atoms in total. The van der Waals surface area contributed by atoms with Crippen molar-refractivity contribution in [2.45, 2.75) is 19.6 Å². The van der Waals surface area contributed by atoms with Crippen LogP contribution in [0.3, 0.4) is 0 Å². The van der Waals surface area contributed by atoms with Gasteiger partial charge < -0.3 is 14.7 Å². The van der Waals surface area contributed by atoms with Crippen molar-refractivity contribution < 1.29 is 0 Å². The van der Waals surface area contributed by atoms with Gasteiger partial charge in [0.05, 0.1) is 22.7 Å². The van der Waals surface area contributed by atoms with Gasteiger partial charge in [0.2, 0.25) is 0 Å². The molecule has 0 aromatic heterocycles. The number of rotatable bonds is 4. The highest BCUT2D eigenvalue weighted by molar-refractivity contribution is 8.00. The van der Waals surface area contributed by atoms with Gasteiger partial charge in [-0.05, 0) is 97.1 Å². The second-order valence-electron chi connectivity index (χ2n) is 10.3. The Kier molecular flexibility index (Phi) is 6.20. The van der Waals surface area contributed by atoms with Crippen LogP contribution < -0.4 is 14.7 Å². The van der Waals surface area contributed by atoms with E-state index in [0.29, 0.717) is 0 Å². The molecule has 2 aliphatic heterocycles. The van der Waals surface area contributed by atoms with Crippen molar-refractivity contribution in [1.29, 1.82) is 0 Å². The molecule has 0 bridgehead atoms. The molecule has 0 N–H and O–H groups in total. The van der Waals surface area contributed by atoms with Crippen molar-refractivity contribution in [1.82, 2.24) is 0 Å². The van der Waals surface area contributed by atoms with Crippen molar-refractivity contribution in [3.63, 3.8) is 0 Å². The number of hydrogen-bond donors (Lipinski definition) is 0. The Labute approximate surface area is 255 Å². The fraction of sp³-hybridized carbons (Fsp3) is 0.0270. The van der Waals surface area contributed by atoms with Crippen LogP contribution in [0.25, 0.3) is 0 Å². The van der Waals surface area contributed by atoms with Crippen LogP contribution in [0.5, 0.6) is 0 Å². The van der Waals surface area contributed by atoms with Crippen LogP contribution in [-0.4, -0.2) is 7.05 Å². The molecular weight excluding hydrogens is 551 g/mol. The molecule has 0 radical (unpaired) electrons. The minimum atomic E-state index is 1.14. The Hall–Kier alpha value is -4.58. The summed E-state index contributed by atoms with van der Waals surface area (Å²) in [7, 11) is 2.13. The van der Waals surface area contributed by atoms with E-state index in [1.165, 1.54) is 42.3 Å². The van der Waals surface area contributed by atoms with E-state index >= 15 is 0 Å². The first-order valence-electron chi connectivity index (χ1n) is 14.0. The summed E-state index contributed by atoms with van der Waals surface area (Å²) in [5, 5.41) is 0. The van der Waals surface area contributed by atoms with Gasteiger partial charge >= 0.3 is 0 Å². The van der Waals surface area contributed by atoms with Crippen LogP contribution in [0.1, 0.15) is 0 Å². The molecular formula is C37H27N3S2. The van der Waals surface area contributed by atoms with Crippen molar-refractivity contribution in [3.05, 3.63) is 146 Å². The van der Waals surface area contributed by atoms with Gasteiger partial charge in [0, 0.05) is 49.4 Å². The molecule has 0 spiro atoms. The molecule has 6 aromatic rings. The van der Waals surface area contributed by atoms with Crippen LogP contribution in [0.2, 0.25) is 0 Å². The first-order valence-corrected chi connectivity index (χ1v) is 15.6. The largest absolute Gasteiger partial charge is 0.345 e. The lowest BCUT2D eigenvalue weighted by Gasteiger charge is -2.33. The minimum absolute atomic E-state index is 1.14. The Bertz CT molecular complexity index is 1690. The van der Waals surface area contributed by atoms with Gasteiger partial charge in [-0.3, -0.25) is 0 Å². The molecule has 0 aliphatic carbocycles. The number of anilines is 8. The predicted octanol–water partition coefficient (Wildman–Crippen LogP) is 11.3. The molecule has 6 aromatic carbocycles. The molecule has 0 saturated heterocycles. The van der Waals surface area contributed by atoms with E-state index in [1.807, 2.05) is 23.5 Å². The first-order chi connectivity index (χ1) is 20.7. The summed E-state index contributed by atoms with van der Waals surface area (Å²) in [6.45, 7) is 0. The summed E-state index contributed by atoms with van der Waals surface area (Å²) < 4.78 is 0. The average Bonchev–Trinajstić information content (AvgIpc) is 3.06. The van der Waals surface area contributed by atoms with Gasteiger partial charge in [0.15, 0.2) is 0 Å². The summed E-state index contributed by atoms with van der Waals surface area (Å²) >= 11 is 3.67. The van der Waals surface area contributed by atoms with Gasteiger partial charge in [-0.25, -0.2) is 0 Å². The van der Waals surface area contributed by atoms with E-state index in [1.54, 1.807) is 0 Å². The molecule has 8 rings (SSSR count). The molecule has 0 fully saturated rings. The zero-order valence-corrected chi connectivity index (χ0v) is 24.6. The Morgan fingerprint density at radius 2 is 0.667 bits per heavy atom. The fourth-order valence-corrected chi connectivity index (χ4v) is 7.88. The maximum atomic E-state index is 2.37. The Balaban J connectivity index is 1.09. The molecule has 2 aliphatic rings. The van der Waals surface area contributed by atoms with E-state index in [-0.39, 0.29) is 0 Å². The molecule has 42 heavy (non-hydrogen) atoms. The SMILES string of the molecule is CN(c1ccc(N2c3ccccc3Sc3ccccc32)cc1)c1ccc(N2c3ccccc3Sc3ccccc32)cc1. The third-order valence-electron chi connectivity index (χ3n) is 7.85. The lowest BCUT2D eigenvalue weighted by atomic mass is 10.1. The van der Waals surface area contributed by atoms with Gasteiger partial charge in [0.25, 0.3) is 0 Å². The number of nitrogens with zero attached hydrogens (tertiary/aromatic N) is 3. The maximum Gasteiger partial charge on any atom is 0.0601 e. The summed E-state index contributed by atoms with van der Waals surface area (Å²) in [6.07, 6.45) is 0. The number of fused-ring (bicyclic) bond motifs is 4. The second kappa shape index (κ2) is 10.4. The molecule has 202 valence electrons. The molecule has 0 saturated carbocycles. The first kappa shape index (κ1) is 25.2. The zero-order valence-electron chi connectivity index (χ0n) is 23.0. The summed E-state index contributed by atoms with van der Waals surface area (Å²) in [5.41, 5.74) is 9.48. The Morgan fingerprint density at radius 3 is 0.976 bits per heavy atom. The van der Waals surface area contributed by atoms with Crippen molar-refractivity contribution in [3.8, 4) is 0 Å². The second-order valence-corrected chi connectivity index (χ2v) is 12.5. The smallest absolute Gasteiger partial charge is 0.0601 e.